The van der Waals surface area contributed by atoms with Gasteiger partial charge in [-0.3, -0.25) is 4.79 Å². The number of hydrogen-bond donors (Lipinski definition) is 2. The molecule has 3 nitrogen and oxygen atoms in total. The predicted molar refractivity (Wildman–Crippen MR) is 74.6 cm³/mol. The Hall–Kier alpha value is -0.710. The molecule has 0 unspecified atom stereocenters. The van der Waals surface area contributed by atoms with E-state index in [1.54, 1.807) is 0 Å². The van der Waals surface area contributed by atoms with E-state index >= 15 is 0 Å². The van der Waals surface area contributed by atoms with Crippen LogP contribution in [-0.4, -0.2) is 30.1 Å². The fourth-order valence-electron chi connectivity index (χ4n) is 2.90. The van der Waals surface area contributed by atoms with Crippen molar-refractivity contribution in [3.63, 3.8) is 0 Å². The number of amides is 1. The summed E-state index contributed by atoms with van der Waals surface area (Å²) in [7, 11) is 0. The second-order valence-electron chi connectivity index (χ2n) is 6.03. The zero-order chi connectivity index (χ0) is 15.2. The molecule has 1 amide bonds. The first-order chi connectivity index (χ1) is 9.38. The highest BCUT2D eigenvalue weighted by Crippen LogP contribution is 2.36. The minimum absolute atomic E-state index is 0.0803. The molecule has 1 aliphatic carbocycles. The van der Waals surface area contributed by atoms with Crippen LogP contribution >= 0.6 is 0 Å². The Labute approximate surface area is 120 Å². The molecule has 0 bridgehead atoms. The molecule has 0 heterocycles. The fraction of sp³-hybridized carbons (Fsp3) is 0.933. The van der Waals surface area contributed by atoms with E-state index in [1.807, 2.05) is 13.8 Å². The average molecular weight is 291 g/mol. The lowest BCUT2D eigenvalue weighted by atomic mass is 9.79. The second kappa shape index (κ2) is 7.34. The van der Waals surface area contributed by atoms with Crippen molar-refractivity contribution >= 4 is 5.91 Å². The Kier molecular flexibility index (Phi) is 6.37. The van der Waals surface area contributed by atoms with Gasteiger partial charge in [0.15, 0.2) is 0 Å². The van der Waals surface area contributed by atoms with E-state index in [1.165, 1.54) is 0 Å². The van der Waals surface area contributed by atoms with Crippen molar-refractivity contribution in [2.75, 3.05) is 13.2 Å². The van der Waals surface area contributed by atoms with Crippen molar-refractivity contribution in [3.8, 4) is 0 Å². The van der Waals surface area contributed by atoms with Crippen LogP contribution in [0.3, 0.4) is 0 Å². The first-order valence-corrected chi connectivity index (χ1v) is 7.64. The molecule has 0 saturated heterocycles. The summed E-state index contributed by atoms with van der Waals surface area (Å²) >= 11 is 0. The summed E-state index contributed by atoms with van der Waals surface area (Å²) in [5.41, 5.74) is -0.0803. The second-order valence-corrected chi connectivity index (χ2v) is 6.03. The normalized spacial score (nSPS) is 19.9. The Morgan fingerprint density at radius 3 is 2.30 bits per heavy atom. The van der Waals surface area contributed by atoms with Crippen LogP contribution in [0, 0.1) is 11.3 Å². The van der Waals surface area contributed by atoms with Crippen LogP contribution in [0.15, 0.2) is 0 Å². The number of carbonyl (C=O) groups excluding carboxylic acids is 1. The van der Waals surface area contributed by atoms with Gasteiger partial charge in [0.25, 0.3) is 0 Å². The van der Waals surface area contributed by atoms with Gasteiger partial charge in [0, 0.05) is 31.9 Å². The third-order valence-electron chi connectivity index (χ3n) is 4.87. The lowest BCUT2D eigenvalue weighted by molar-refractivity contribution is -0.129. The Bertz CT molecular complexity index is 307. The Morgan fingerprint density at radius 2 is 1.85 bits per heavy atom. The monoisotopic (exact) mass is 291 g/mol. The van der Waals surface area contributed by atoms with Gasteiger partial charge in [-0.1, -0.05) is 13.8 Å². The highest BCUT2D eigenvalue weighted by molar-refractivity contribution is 5.78. The molecule has 0 aromatic rings. The maximum Gasteiger partial charge on any atom is 0.248 e. The fourth-order valence-corrected chi connectivity index (χ4v) is 2.90. The van der Waals surface area contributed by atoms with Crippen LogP contribution in [0.4, 0.5) is 8.78 Å². The van der Waals surface area contributed by atoms with E-state index < -0.39 is 5.92 Å². The molecule has 0 radical (unpaired) electrons. The van der Waals surface area contributed by atoms with Gasteiger partial charge < -0.3 is 10.4 Å². The Balaban J connectivity index is 2.46. The predicted octanol–water partition coefficient (Wildman–Crippen LogP) is 3.12. The largest absolute Gasteiger partial charge is 0.396 e. The maximum absolute atomic E-state index is 13.1. The molecule has 0 aromatic heterocycles. The van der Waals surface area contributed by atoms with Gasteiger partial charge in [-0.2, -0.15) is 0 Å². The minimum atomic E-state index is -2.59. The zero-order valence-corrected chi connectivity index (χ0v) is 12.6. The van der Waals surface area contributed by atoms with Crippen molar-refractivity contribution in [1.29, 1.82) is 0 Å². The molecule has 0 aromatic carbocycles. The molecule has 0 spiro atoms. The number of carbonyl (C=O) groups is 1. The third kappa shape index (κ3) is 4.69. The number of hydrogen-bond acceptors (Lipinski definition) is 2. The molecule has 1 fully saturated rings. The van der Waals surface area contributed by atoms with E-state index in [2.05, 4.69) is 5.32 Å². The highest BCUT2D eigenvalue weighted by Gasteiger charge is 2.37. The standard InChI is InChI=1S/C15H27F2NO2/c1-3-14(4-2,9-10-19)11-18-13(20)12-5-7-15(16,17)8-6-12/h12,19H,3-11H2,1-2H3,(H,18,20). The average Bonchev–Trinajstić information content (AvgIpc) is 2.43. The molecule has 1 aliphatic rings. The minimum Gasteiger partial charge on any atom is -0.396 e. The summed E-state index contributed by atoms with van der Waals surface area (Å²) in [6.45, 7) is 4.72. The van der Waals surface area contributed by atoms with Gasteiger partial charge in [0.05, 0.1) is 0 Å². The van der Waals surface area contributed by atoms with Crippen molar-refractivity contribution in [2.24, 2.45) is 11.3 Å². The number of nitrogens with one attached hydrogen (secondary N) is 1. The number of rotatable bonds is 7. The van der Waals surface area contributed by atoms with Gasteiger partial charge in [-0.15, -0.1) is 0 Å². The molecule has 118 valence electrons. The molecule has 5 heteroatoms. The summed E-state index contributed by atoms with van der Waals surface area (Å²) in [4.78, 5) is 12.1. The first kappa shape index (κ1) is 17.3. The van der Waals surface area contributed by atoms with Crippen LogP contribution < -0.4 is 5.32 Å². The lowest BCUT2D eigenvalue weighted by Crippen LogP contribution is -2.42. The molecular formula is C15H27F2NO2. The summed E-state index contributed by atoms with van der Waals surface area (Å²) in [5, 5.41) is 12.1. The topological polar surface area (TPSA) is 49.3 Å². The Morgan fingerprint density at radius 1 is 1.30 bits per heavy atom. The SMILES string of the molecule is CCC(CC)(CCO)CNC(=O)C1CCC(F)(F)CC1. The molecular weight excluding hydrogens is 264 g/mol. The van der Waals surface area contributed by atoms with Crippen molar-refractivity contribution < 1.29 is 18.7 Å². The lowest BCUT2D eigenvalue weighted by Gasteiger charge is -2.33. The van der Waals surface area contributed by atoms with Gasteiger partial charge >= 0.3 is 0 Å². The van der Waals surface area contributed by atoms with E-state index in [9.17, 15) is 13.6 Å². The van der Waals surface area contributed by atoms with Gasteiger partial charge in [-0.25, -0.2) is 8.78 Å². The van der Waals surface area contributed by atoms with Crippen LogP contribution in [0.2, 0.25) is 0 Å². The van der Waals surface area contributed by atoms with E-state index in [4.69, 9.17) is 5.11 Å². The third-order valence-corrected chi connectivity index (χ3v) is 4.87. The molecule has 0 aliphatic heterocycles. The molecule has 1 rings (SSSR count). The van der Waals surface area contributed by atoms with Crippen LogP contribution in [0.1, 0.15) is 58.8 Å². The van der Waals surface area contributed by atoms with Gasteiger partial charge in [0.2, 0.25) is 11.8 Å². The maximum atomic E-state index is 13.1. The molecule has 0 atom stereocenters. The molecule has 20 heavy (non-hydrogen) atoms. The van der Waals surface area contributed by atoms with Crippen molar-refractivity contribution in [3.05, 3.63) is 0 Å². The smallest absolute Gasteiger partial charge is 0.248 e. The summed E-state index contributed by atoms with van der Waals surface area (Å²) in [6, 6.07) is 0. The van der Waals surface area contributed by atoms with E-state index in [0.717, 1.165) is 12.8 Å². The number of alkyl halides is 2. The van der Waals surface area contributed by atoms with Crippen LogP contribution in [0.5, 0.6) is 0 Å². The van der Waals surface area contributed by atoms with Gasteiger partial charge in [0.1, 0.15) is 0 Å². The summed E-state index contributed by atoms with van der Waals surface area (Å²) in [6.07, 6.45) is 2.58. The van der Waals surface area contributed by atoms with Gasteiger partial charge in [-0.05, 0) is 37.5 Å². The number of halogens is 2. The van der Waals surface area contributed by atoms with Crippen LogP contribution in [-0.2, 0) is 4.79 Å². The van der Waals surface area contributed by atoms with Crippen LogP contribution in [0.25, 0.3) is 0 Å². The quantitative estimate of drug-likeness (QED) is 0.757. The van der Waals surface area contributed by atoms with Crippen molar-refractivity contribution in [1.82, 2.24) is 5.32 Å². The van der Waals surface area contributed by atoms with Crippen molar-refractivity contribution in [2.45, 2.75) is 64.7 Å². The van der Waals surface area contributed by atoms with E-state index in [-0.39, 0.29) is 49.5 Å². The first-order valence-electron chi connectivity index (χ1n) is 7.64. The number of aliphatic hydroxyl groups is 1. The highest BCUT2D eigenvalue weighted by atomic mass is 19.3. The molecule has 2 N–H and O–H groups in total. The molecule has 1 saturated carbocycles. The summed E-state index contributed by atoms with van der Waals surface area (Å²) < 4.78 is 26.1. The van der Waals surface area contributed by atoms with E-state index in [0.29, 0.717) is 13.0 Å². The zero-order valence-electron chi connectivity index (χ0n) is 12.6. The summed E-state index contributed by atoms with van der Waals surface area (Å²) in [5.74, 6) is -2.98. The number of aliphatic hydroxyl groups excluding tert-OH is 1.